The van der Waals surface area contributed by atoms with Gasteiger partial charge in [-0.3, -0.25) is 14.5 Å². The lowest BCUT2D eigenvalue weighted by molar-refractivity contribution is -0.0429. The number of nitrogens with one attached hydrogen (secondary N) is 1. The van der Waals surface area contributed by atoms with Crippen LogP contribution >= 0.6 is 0 Å². The van der Waals surface area contributed by atoms with Crippen molar-refractivity contribution in [3.63, 3.8) is 0 Å². The second-order valence-corrected chi connectivity index (χ2v) is 10.4. The van der Waals surface area contributed by atoms with Gasteiger partial charge in [-0.25, -0.2) is 4.39 Å². The van der Waals surface area contributed by atoms with Gasteiger partial charge in [0, 0.05) is 35.3 Å². The van der Waals surface area contributed by atoms with Crippen LogP contribution < -0.4 is 25.6 Å². The van der Waals surface area contributed by atoms with Crippen molar-refractivity contribution < 1.29 is 30.7 Å². The zero-order valence-electron chi connectivity index (χ0n) is 20.6. The molecular weight excluding hydrogens is 526 g/mol. The SMILES string of the molecule is CCC(CC)c1cccc(Oc2ccc(NS(=O)(=O)C(F)(F)F)cc2-c2cn(C)c(=O)c3c2=C[CH]N=3)c1F. The largest absolute Gasteiger partial charge is 0.516 e. The van der Waals surface area contributed by atoms with Crippen molar-refractivity contribution in [1.29, 1.82) is 0 Å². The summed E-state index contributed by atoms with van der Waals surface area (Å²) in [5.74, 6) is -0.701. The smallest absolute Gasteiger partial charge is 0.454 e. The number of rotatable bonds is 8. The molecule has 0 saturated heterocycles. The van der Waals surface area contributed by atoms with E-state index >= 15 is 4.39 Å². The average molecular weight is 551 g/mol. The first-order valence-electron chi connectivity index (χ1n) is 11.7. The third-order valence-electron chi connectivity index (χ3n) is 6.30. The fraction of sp³-hybridized carbons (Fsp3) is 0.269. The van der Waals surface area contributed by atoms with Gasteiger partial charge in [-0.15, -0.1) is 0 Å². The van der Waals surface area contributed by atoms with E-state index < -0.39 is 32.6 Å². The van der Waals surface area contributed by atoms with Crippen molar-refractivity contribution in [2.75, 3.05) is 4.72 Å². The average Bonchev–Trinajstić information content (AvgIpc) is 3.35. The topological polar surface area (TPSA) is 89.8 Å². The van der Waals surface area contributed by atoms with Crippen molar-refractivity contribution in [2.24, 2.45) is 12.0 Å². The molecule has 0 saturated carbocycles. The van der Waals surface area contributed by atoms with E-state index in [0.29, 0.717) is 29.2 Å². The third kappa shape index (κ3) is 5.04. The summed E-state index contributed by atoms with van der Waals surface area (Å²) in [7, 11) is -4.25. The van der Waals surface area contributed by atoms with Crippen LogP contribution in [0.1, 0.15) is 38.2 Å². The number of anilines is 1. The molecule has 2 aromatic carbocycles. The molecule has 1 aromatic heterocycles. The van der Waals surface area contributed by atoms with Crippen LogP contribution in [0.3, 0.4) is 0 Å². The van der Waals surface area contributed by atoms with Crippen molar-refractivity contribution in [2.45, 2.75) is 38.1 Å². The number of hydrogen-bond donors (Lipinski definition) is 1. The van der Waals surface area contributed by atoms with Crippen LogP contribution in [0, 0.1) is 12.4 Å². The zero-order chi connectivity index (χ0) is 27.8. The number of sulfonamides is 1. The van der Waals surface area contributed by atoms with Gasteiger partial charge in [0.15, 0.2) is 11.6 Å². The molecule has 0 fully saturated rings. The summed E-state index contributed by atoms with van der Waals surface area (Å²) in [6.07, 6.45) is 4.37. The molecule has 0 aliphatic carbocycles. The Hall–Kier alpha value is -3.67. The predicted octanol–water partition coefficient (Wildman–Crippen LogP) is 4.72. The fourth-order valence-corrected chi connectivity index (χ4v) is 4.85. The lowest BCUT2D eigenvalue weighted by Crippen LogP contribution is -2.43. The summed E-state index contributed by atoms with van der Waals surface area (Å²) in [6.45, 7) is 5.28. The lowest BCUT2D eigenvalue weighted by Gasteiger charge is -2.18. The Bertz CT molecular complexity index is 1680. The van der Waals surface area contributed by atoms with E-state index in [1.54, 1.807) is 12.1 Å². The molecule has 38 heavy (non-hydrogen) atoms. The number of hydrogen-bond acceptors (Lipinski definition) is 5. The summed E-state index contributed by atoms with van der Waals surface area (Å²) in [4.78, 5) is 16.6. The second kappa shape index (κ2) is 10.2. The van der Waals surface area contributed by atoms with Crippen LogP contribution in [-0.2, 0) is 17.1 Å². The van der Waals surface area contributed by atoms with Gasteiger partial charge in [0.05, 0.1) is 6.54 Å². The number of benzene rings is 2. The molecule has 1 aliphatic rings. The van der Waals surface area contributed by atoms with E-state index in [9.17, 15) is 26.4 Å². The first-order chi connectivity index (χ1) is 17.9. The Labute approximate surface area is 216 Å². The van der Waals surface area contributed by atoms with E-state index in [-0.39, 0.29) is 28.3 Å². The first-order valence-corrected chi connectivity index (χ1v) is 13.2. The normalized spacial score (nSPS) is 13.2. The zero-order valence-corrected chi connectivity index (χ0v) is 21.5. The minimum atomic E-state index is -5.71. The van der Waals surface area contributed by atoms with Crippen LogP contribution in [-0.4, -0.2) is 18.5 Å². The fourth-order valence-electron chi connectivity index (χ4n) is 4.30. The molecule has 0 amide bonds. The molecule has 201 valence electrons. The molecule has 12 heteroatoms. The molecule has 7 nitrogen and oxygen atoms in total. The van der Waals surface area contributed by atoms with Gasteiger partial charge >= 0.3 is 15.5 Å². The Balaban J connectivity index is 1.91. The van der Waals surface area contributed by atoms with Gasteiger partial charge < -0.3 is 9.30 Å². The third-order valence-corrected chi connectivity index (χ3v) is 7.41. The van der Waals surface area contributed by atoms with Gasteiger partial charge in [0.1, 0.15) is 11.1 Å². The maximum absolute atomic E-state index is 15.5. The summed E-state index contributed by atoms with van der Waals surface area (Å²) in [5.41, 5.74) is -5.45. The number of fused-ring (bicyclic) bond motifs is 1. The van der Waals surface area contributed by atoms with Crippen LogP contribution in [0.5, 0.6) is 11.5 Å². The Morgan fingerprint density at radius 2 is 1.79 bits per heavy atom. The Morgan fingerprint density at radius 3 is 2.45 bits per heavy atom. The van der Waals surface area contributed by atoms with Crippen molar-refractivity contribution in [3.8, 4) is 22.6 Å². The molecule has 1 radical (unpaired) electrons. The molecule has 1 N–H and O–H groups in total. The van der Waals surface area contributed by atoms with Gasteiger partial charge in [-0.2, -0.15) is 21.6 Å². The number of nitrogens with zero attached hydrogens (tertiary/aromatic N) is 2. The van der Waals surface area contributed by atoms with Gasteiger partial charge in [-0.1, -0.05) is 26.0 Å². The molecule has 1 aliphatic heterocycles. The predicted molar refractivity (Wildman–Crippen MR) is 135 cm³/mol. The summed E-state index contributed by atoms with van der Waals surface area (Å²) in [5, 5.41) is 0.458. The minimum Gasteiger partial charge on any atom is -0.454 e. The molecule has 2 heterocycles. The molecule has 4 rings (SSSR count). The summed E-state index contributed by atoms with van der Waals surface area (Å²) >= 11 is 0. The maximum Gasteiger partial charge on any atom is 0.516 e. The standard InChI is InChI=1S/C26H24F4N3O4S/c1-4-15(5-2)17-7-6-8-22(23(17)27)37-21-10-9-16(32-38(35,36)26(28,29)30)13-19(21)20-14-33(3)25(34)24-18(20)11-12-31-24/h6-15,32H,4-5H2,1-3H3. The summed E-state index contributed by atoms with van der Waals surface area (Å²) in [6, 6.07) is 8.18. The maximum atomic E-state index is 15.5. The highest BCUT2D eigenvalue weighted by molar-refractivity contribution is 7.93. The molecule has 0 bridgehead atoms. The van der Waals surface area contributed by atoms with Crippen LogP contribution in [0.25, 0.3) is 17.2 Å². The molecule has 3 aromatic rings. The highest BCUT2D eigenvalue weighted by atomic mass is 32.2. The highest BCUT2D eigenvalue weighted by Crippen LogP contribution is 2.38. The van der Waals surface area contributed by atoms with Crippen LogP contribution in [0.4, 0.5) is 23.2 Å². The number of aromatic nitrogens is 1. The molecular formula is C26H24F4N3O4S. The number of pyridine rings is 1. The monoisotopic (exact) mass is 550 g/mol. The van der Waals surface area contributed by atoms with Gasteiger partial charge in [-0.05, 0) is 54.7 Å². The molecule has 0 unspecified atom stereocenters. The number of halogens is 4. The van der Waals surface area contributed by atoms with E-state index in [2.05, 4.69) is 4.99 Å². The van der Waals surface area contributed by atoms with E-state index in [0.717, 1.165) is 12.1 Å². The van der Waals surface area contributed by atoms with Crippen LogP contribution in [0.2, 0.25) is 0 Å². The highest BCUT2D eigenvalue weighted by Gasteiger charge is 2.46. The first kappa shape index (κ1) is 27.4. The number of ether oxygens (including phenoxy) is 1. The molecule has 0 atom stereocenters. The molecule has 0 spiro atoms. The quantitative estimate of drug-likeness (QED) is 0.411. The Kier molecular flexibility index (Phi) is 7.37. The Morgan fingerprint density at radius 1 is 1.08 bits per heavy atom. The summed E-state index contributed by atoms with van der Waals surface area (Å²) < 4.78 is 86.7. The van der Waals surface area contributed by atoms with Gasteiger partial charge in [0.25, 0.3) is 5.56 Å². The minimum absolute atomic E-state index is 0.0294. The number of alkyl halides is 3. The van der Waals surface area contributed by atoms with Crippen molar-refractivity contribution in [3.05, 3.63) is 81.5 Å². The number of aryl methyl sites for hydroxylation is 1. The second-order valence-electron chi connectivity index (χ2n) is 8.70. The van der Waals surface area contributed by atoms with E-state index in [1.807, 2.05) is 13.8 Å². The van der Waals surface area contributed by atoms with Crippen molar-refractivity contribution >= 4 is 21.8 Å². The van der Waals surface area contributed by atoms with Crippen molar-refractivity contribution in [1.82, 2.24) is 4.57 Å². The van der Waals surface area contributed by atoms with E-state index in [1.165, 1.54) is 47.3 Å². The van der Waals surface area contributed by atoms with E-state index in [4.69, 9.17) is 4.74 Å². The van der Waals surface area contributed by atoms with Gasteiger partial charge in [0.2, 0.25) is 0 Å². The lowest BCUT2D eigenvalue weighted by atomic mass is 9.93. The van der Waals surface area contributed by atoms with Crippen LogP contribution in [0.15, 0.2) is 52.4 Å².